The van der Waals surface area contributed by atoms with Crippen LogP contribution in [0.2, 0.25) is 0 Å². The van der Waals surface area contributed by atoms with E-state index in [1.165, 1.54) is 5.70 Å². The molecule has 0 aromatic rings. The van der Waals surface area contributed by atoms with E-state index < -0.39 is 0 Å². The lowest BCUT2D eigenvalue weighted by Crippen LogP contribution is -2.25. The van der Waals surface area contributed by atoms with E-state index >= 15 is 0 Å². The van der Waals surface area contributed by atoms with Crippen LogP contribution < -0.4 is 5.73 Å². The van der Waals surface area contributed by atoms with E-state index in [2.05, 4.69) is 49.6 Å². The largest absolute Gasteiger partial charge is 0.401 e. The first kappa shape index (κ1) is 12.2. The Bertz CT molecular complexity index is 288. The highest BCUT2D eigenvalue weighted by molar-refractivity contribution is 7.83. The van der Waals surface area contributed by atoms with E-state index in [-0.39, 0.29) is 0 Å². The van der Waals surface area contributed by atoms with Gasteiger partial charge in [0.25, 0.3) is 0 Å². The SMILES string of the molecule is CCN(CC)C1=CC=CC(/C(N)=C/S)C1. The molecule has 3 heteroatoms. The van der Waals surface area contributed by atoms with E-state index in [9.17, 15) is 0 Å². The van der Waals surface area contributed by atoms with Crippen molar-refractivity contribution >= 4 is 12.6 Å². The molecule has 2 nitrogen and oxygen atoms in total. The van der Waals surface area contributed by atoms with Gasteiger partial charge in [0.1, 0.15) is 0 Å². The van der Waals surface area contributed by atoms with Crippen molar-refractivity contribution in [3.8, 4) is 0 Å². The van der Waals surface area contributed by atoms with Crippen LogP contribution >= 0.6 is 12.6 Å². The summed E-state index contributed by atoms with van der Waals surface area (Å²) in [5.74, 6) is 0.308. The second kappa shape index (κ2) is 5.91. The summed E-state index contributed by atoms with van der Waals surface area (Å²) >= 11 is 4.10. The number of hydrogen-bond donors (Lipinski definition) is 2. The van der Waals surface area contributed by atoms with Crippen molar-refractivity contribution in [1.82, 2.24) is 4.90 Å². The summed E-state index contributed by atoms with van der Waals surface area (Å²) in [6.07, 6.45) is 7.39. The smallest absolute Gasteiger partial charge is 0.0227 e. The lowest BCUT2D eigenvalue weighted by atomic mass is 9.95. The zero-order valence-corrected chi connectivity index (χ0v) is 10.4. The molecule has 0 spiro atoms. The fourth-order valence-electron chi connectivity index (χ4n) is 1.85. The van der Waals surface area contributed by atoms with Crippen LogP contribution in [0.5, 0.6) is 0 Å². The average molecular weight is 224 g/mol. The van der Waals surface area contributed by atoms with Crippen molar-refractivity contribution in [3.63, 3.8) is 0 Å². The van der Waals surface area contributed by atoms with Crippen LogP contribution in [0.15, 0.2) is 35.0 Å². The molecule has 0 heterocycles. The minimum atomic E-state index is 0.308. The van der Waals surface area contributed by atoms with E-state index in [1.54, 1.807) is 5.41 Å². The molecule has 0 saturated carbocycles. The van der Waals surface area contributed by atoms with Gasteiger partial charge in [0.05, 0.1) is 0 Å². The normalized spacial score (nSPS) is 21.4. The Morgan fingerprint density at radius 3 is 2.80 bits per heavy atom. The number of nitrogens with two attached hydrogens (primary N) is 1. The third-order valence-corrected chi connectivity index (χ3v) is 3.11. The van der Waals surface area contributed by atoms with E-state index in [4.69, 9.17) is 5.73 Å². The van der Waals surface area contributed by atoms with Crippen LogP contribution in [0.1, 0.15) is 20.3 Å². The van der Waals surface area contributed by atoms with Crippen LogP contribution in [-0.4, -0.2) is 18.0 Å². The highest BCUT2D eigenvalue weighted by Crippen LogP contribution is 2.25. The Morgan fingerprint density at radius 1 is 1.60 bits per heavy atom. The summed E-state index contributed by atoms with van der Waals surface area (Å²) in [6.45, 7) is 6.45. The molecule has 0 aromatic carbocycles. The Kier molecular flexibility index (Phi) is 4.82. The maximum absolute atomic E-state index is 5.88. The van der Waals surface area contributed by atoms with Gasteiger partial charge in [0, 0.05) is 30.4 Å². The average Bonchev–Trinajstić information content (AvgIpc) is 2.30. The first-order valence-electron chi connectivity index (χ1n) is 5.44. The minimum absolute atomic E-state index is 0.308. The van der Waals surface area contributed by atoms with Gasteiger partial charge < -0.3 is 10.6 Å². The summed E-state index contributed by atoms with van der Waals surface area (Å²) < 4.78 is 0. The molecule has 1 aliphatic carbocycles. The molecule has 0 amide bonds. The van der Waals surface area contributed by atoms with Gasteiger partial charge in [-0.1, -0.05) is 12.2 Å². The van der Waals surface area contributed by atoms with Gasteiger partial charge in [-0.2, -0.15) is 0 Å². The Balaban J connectivity index is 2.71. The third-order valence-electron chi connectivity index (χ3n) is 2.81. The van der Waals surface area contributed by atoms with Crippen LogP contribution in [-0.2, 0) is 0 Å². The molecule has 0 fully saturated rings. The molecule has 0 aromatic heterocycles. The first-order valence-corrected chi connectivity index (χ1v) is 5.96. The standard InChI is InChI=1S/C12H20N2S/c1-3-14(4-2)11-7-5-6-10(8-11)12(13)9-15/h5-7,9-10,15H,3-4,8,13H2,1-2H3/b12-9-. The summed E-state index contributed by atoms with van der Waals surface area (Å²) in [4.78, 5) is 2.36. The molecule has 0 radical (unpaired) electrons. The second-order valence-corrected chi connectivity index (χ2v) is 3.91. The summed E-state index contributed by atoms with van der Waals surface area (Å²) in [5, 5.41) is 1.69. The molecule has 0 aliphatic heterocycles. The molecule has 1 rings (SSSR count). The topological polar surface area (TPSA) is 29.3 Å². The van der Waals surface area contributed by atoms with Gasteiger partial charge in [-0.05, 0) is 31.8 Å². The molecule has 1 atom stereocenters. The summed E-state index contributed by atoms with van der Waals surface area (Å²) in [7, 11) is 0. The molecule has 84 valence electrons. The maximum Gasteiger partial charge on any atom is 0.0227 e. The number of hydrogen-bond acceptors (Lipinski definition) is 3. The molecule has 15 heavy (non-hydrogen) atoms. The van der Waals surface area contributed by atoms with Gasteiger partial charge in [-0.3, -0.25) is 0 Å². The molecule has 2 N–H and O–H groups in total. The van der Waals surface area contributed by atoms with Crippen molar-refractivity contribution in [2.75, 3.05) is 13.1 Å². The van der Waals surface area contributed by atoms with E-state index in [0.717, 1.165) is 25.2 Å². The zero-order valence-electron chi connectivity index (χ0n) is 9.48. The Hall–Kier alpha value is -0.830. The van der Waals surface area contributed by atoms with Gasteiger partial charge in [0.15, 0.2) is 0 Å². The van der Waals surface area contributed by atoms with Crippen LogP contribution in [0, 0.1) is 5.92 Å². The fourth-order valence-corrected chi connectivity index (χ4v) is 2.04. The molecular weight excluding hydrogens is 204 g/mol. The van der Waals surface area contributed by atoms with Gasteiger partial charge >= 0.3 is 0 Å². The number of allylic oxidation sites excluding steroid dienone is 4. The highest BCUT2D eigenvalue weighted by atomic mass is 32.1. The lowest BCUT2D eigenvalue weighted by molar-refractivity contribution is 0.358. The van der Waals surface area contributed by atoms with Crippen molar-refractivity contribution < 1.29 is 0 Å². The molecule has 1 unspecified atom stereocenters. The van der Waals surface area contributed by atoms with Crippen LogP contribution in [0.25, 0.3) is 0 Å². The quantitative estimate of drug-likeness (QED) is 0.719. The number of thiol groups is 1. The fraction of sp³-hybridized carbons (Fsp3) is 0.500. The molecular formula is C12H20N2S. The maximum atomic E-state index is 5.88. The van der Waals surface area contributed by atoms with Crippen molar-refractivity contribution in [3.05, 3.63) is 35.0 Å². The number of rotatable bonds is 4. The van der Waals surface area contributed by atoms with Gasteiger partial charge in [-0.15, -0.1) is 12.6 Å². The Labute approximate surface area is 97.9 Å². The summed E-state index contributed by atoms with van der Waals surface area (Å²) in [6, 6.07) is 0. The van der Waals surface area contributed by atoms with Crippen LogP contribution in [0.3, 0.4) is 0 Å². The number of nitrogens with zero attached hydrogens (tertiary/aromatic N) is 1. The molecule has 1 aliphatic rings. The van der Waals surface area contributed by atoms with Crippen molar-refractivity contribution in [2.24, 2.45) is 11.7 Å². The monoisotopic (exact) mass is 224 g/mol. The van der Waals surface area contributed by atoms with E-state index in [0.29, 0.717) is 5.92 Å². The zero-order chi connectivity index (χ0) is 11.3. The van der Waals surface area contributed by atoms with Crippen LogP contribution in [0.4, 0.5) is 0 Å². The second-order valence-electron chi connectivity index (χ2n) is 3.65. The van der Waals surface area contributed by atoms with Crippen molar-refractivity contribution in [2.45, 2.75) is 20.3 Å². The Morgan fingerprint density at radius 2 is 2.27 bits per heavy atom. The molecule has 0 saturated heterocycles. The third kappa shape index (κ3) is 3.06. The predicted molar refractivity (Wildman–Crippen MR) is 69.5 cm³/mol. The lowest BCUT2D eigenvalue weighted by Gasteiger charge is -2.28. The van der Waals surface area contributed by atoms with E-state index in [1.807, 2.05) is 0 Å². The summed E-state index contributed by atoms with van der Waals surface area (Å²) in [5.41, 5.74) is 8.09. The predicted octanol–water partition coefficient (Wildman–Crippen LogP) is 2.52. The minimum Gasteiger partial charge on any atom is -0.401 e. The first-order chi connectivity index (χ1) is 7.22. The van der Waals surface area contributed by atoms with Crippen molar-refractivity contribution in [1.29, 1.82) is 0 Å². The van der Waals surface area contributed by atoms with Gasteiger partial charge in [-0.25, -0.2) is 0 Å². The highest BCUT2D eigenvalue weighted by Gasteiger charge is 2.16. The van der Waals surface area contributed by atoms with Gasteiger partial charge in [0.2, 0.25) is 0 Å². The molecule has 0 bridgehead atoms.